The van der Waals surface area contributed by atoms with E-state index in [-0.39, 0.29) is 23.7 Å². The Kier molecular flexibility index (Phi) is 4.93. The molecule has 0 saturated carbocycles. The van der Waals surface area contributed by atoms with Crippen molar-refractivity contribution in [1.82, 2.24) is 15.2 Å². The third-order valence-corrected chi connectivity index (χ3v) is 3.36. The van der Waals surface area contributed by atoms with E-state index in [4.69, 9.17) is 0 Å². The predicted molar refractivity (Wildman–Crippen MR) is 87.0 cm³/mol. The van der Waals surface area contributed by atoms with Gasteiger partial charge in [0.05, 0.1) is 28.1 Å². The summed E-state index contributed by atoms with van der Waals surface area (Å²) in [5.41, 5.74) is 4.17. The Balaban J connectivity index is 2.07. The topological polar surface area (TPSA) is 123 Å². The molecule has 126 valence electrons. The van der Waals surface area contributed by atoms with E-state index in [2.05, 4.69) is 15.6 Å². The lowest BCUT2D eigenvalue weighted by atomic mass is 10.1. The van der Waals surface area contributed by atoms with Crippen LogP contribution in [0.5, 0.6) is 5.75 Å². The number of nitrogens with one attached hydrogen (secondary N) is 1. The van der Waals surface area contributed by atoms with E-state index in [1.54, 1.807) is 32.9 Å². The van der Waals surface area contributed by atoms with Crippen molar-refractivity contribution < 1.29 is 14.8 Å². The van der Waals surface area contributed by atoms with Gasteiger partial charge in [0.15, 0.2) is 0 Å². The van der Waals surface area contributed by atoms with Gasteiger partial charge in [0, 0.05) is 0 Å². The summed E-state index contributed by atoms with van der Waals surface area (Å²) in [4.78, 5) is 22.2. The molecule has 0 fully saturated rings. The molecule has 0 spiro atoms. The number of benzene rings is 1. The first-order valence-corrected chi connectivity index (χ1v) is 7.10. The van der Waals surface area contributed by atoms with Gasteiger partial charge >= 0.3 is 5.82 Å². The van der Waals surface area contributed by atoms with Crippen LogP contribution in [0.4, 0.5) is 5.82 Å². The van der Waals surface area contributed by atoms with Crippen molar-refractivity contribution in [1.29, 1.82) is 0 Å². The molecule has 2 N–H and O–H groups in total. The third kappa shape index (κ3) is 3.75. The average Bonchev–Trinajstić information content (AvgIpc) is 2.89. The van der Waals surface area contributed by atoms with E-state index in [1.807, 2.05) is 0 Å². The van der Waals surface area contributed by atoms with Gasteiger partial charge in [-0.1, -0.05) is 12.1 Å². The molecule has 1 aromatic heterocycles. The number of amides is 1. The molecule has 24 heavy (non-hydrogen) atoms. The fourth-order valence-electron chi connectivity index (χ4n) is 2.04. The van der Waals surface area contributed by atoms with E-state index in [1.165, 1.54) is 16.8 Å². The quantitative estimate of drug-likeness (QED) is 0.492. The summed E-state index contributed by atoms with van der Waals surface area (Å²) in [6, 6.07) is 6.20. The van der Waals surface area contributed by atoms with Crippen molar-refractivity contribution >= 4 is 17.4 Å². The maximum absolute atomic E-state index is 12.0. The second-order valence-electron chi connectivity index (χ2n) is 5.32. The van der Waals surface area contributed by atoms with Crippen LogP contribution >= 0.6 is 0 Å². The number of rotatable bonds is 5. The number of aromatic hydroxyl groups is 1. The Morgan fingerprint density at radius 3 is 2.79 bits per heavy atom. The molecule has 9 heteroatoms. The van der Waals surface area contributed by atoms with Gasteiger partial charge in [-0.25, -0.2) is 5.43 Å². The van der Waals surface area contributed by atoms with Crippen LogP contribution in [-0.4, -0.2) is 31.4 Å². The van der Waals surface area contributed by atoms with Crippen molar-refractivity contribution in [2.75, 3.05) is 0 Å². The molecule has 2 aromatic rings. The number of hydrazone groups is 1. The SMILES string of the molecule is C/C(Cn1nc([N+](=O)[O-])cc1C)=N\NC(=O)c1cccc(C)c1O. The molecule has 0 unspecified atom stereocenters. The highest BCUT2D eigenvalue weighted by Gasteiger charge is 2.16. The van der Waals surface area contributed by atoms with E-state index < -0.39 is 10.8 Å². The lowest BCUT2D eigenvalue weighted by Crippen LogP contribution is -2.21. The number of phenolic OH excluding ortho intramolecular Hbond substituents is 1. The number of carbonyl (C=O) groups is 1. The number of para-hydroxylation sites is 1. The molecule has 0 atom stereocenters. The summed E-state index contributed by atoms with van der Waals surface area (Å²) in [6.07, 6.45) is 0. The van der Waals surface area contributed by atoms with E-state index >= 15 is 0 Å². The Labute approximate surface area is 137 Å². The number of aryl methyl sites for hydroxylation is 2. The Morgan fingerprint density at radius 1 is 1.46 bits per heavy atom. The maximum atomic E-state index is 12.0. The first-order chi connectivity index (χ1) is 11.3. The zero-order valence-corrected chi connectivity index (χ0v) is 13.5. The smallest absolute Gasteiger partial charge is 0.390 e. The minimum Gasteiger partial charge on any atom is -0.507 e. The molecule has 2 rings (SSSR count). The van der Waals surface area contributed by atoms with Crippen molar-refractivity contribution in [2.24, 2.45) is 5.10 Å². The number of aromatic nitrogens is 2. The van der Waals surface area contributed by atoms with Crippen LogP contribution in [0.15, 0.2) is 29.4 Å². The fraction of sp³-hybridized carbons (Fsp3) is 0.267. The van der Waals surface area contributed by atoms with E-state index in [0.29, 0.717) is 17.0 Å². The Morgan fingerprint density at radius 2 is 2.17 bits per heavy atom. The highest BCUT2D eigenvalue weighted by atomic mass is 16.6. The number of hydrogen-bond donors (Lipinski definition) is 2. The number of carbonyl (C=O) groups excluding carboxylic acids is 1. The summed E-state index contributed by atoms with van der Waals surface area (Å²) in [6.45, 7) is 5.23. The van der Waals surface area contributed by atoms with Crippen LogP contribution < -0.4 is 5.43 Å². The van der Waals surface area contributed by atoms with Crippen LogP contribution in [0.3, 0.4) is 0 Å². The molecule has 9 nitrogen and oxygen atoms in total. The second-order valence-corrected chi connectivity index (χ2v) is 5.32. The van der Waals surface area contributed by atoms with Crippen LogP contribution in [0.1, 0.15) is 28.5 Å². The fourth-order valence-corrected chi connectivity index (χ4v) is 2.04. The van der Waals surface area contributed by atoms with Gasteiger partial charge in [0.25, 0.3) is 5.91 Å². The van der Waals surface area contributed by atoms with Crippen LogP contribution in [-0.2, 0) is 6.54 Å². The van der Waals surface area contributed by atoms with Gasteiger partial charge in [-0.05, 0) is 37.3 Å². The second kappa shape index (κ2) is 6.90. The largest absolute Gasteiger partial charge is 0.507 e. The molecule has 1 heterocycles. The number of phenols is 1. The molecule has 0 saturated heterocycles. The normalized spacial score (nSPS) is 11.4. The number of nitrogens with zero attached hydrogens (tertiary/aromatic N) is 4. The molecule has 0 bridgehead atoms. The number of hydrogen-bond acceptors (Lipinski definition) is 6. The van der Waals surface area contributed by atoms with Gasteiger partial charge < -0.3 is 15.2 Å². The van der Waals surface area contributed by atoms with Crippen LogP contribution in [0.2, 0.25) is 0 Å². The maximum Gasteiger partial charge on any atom is 0.390 e. The van der Waals surface area contributed by atoms with Crippen molar-refractivity contribution in [3.63, 3.8) is 0 Å². The minimum atomic E-state index is -0.571. The van der Waals surface area contributed by atoms with Gasteiger partial charge in [-0.3, -0.25) is 4.79 Å². The summed E-state index contributed by atoms with van der Waals surface area (Å²) in [5, 5.41) is 28.4. The number of nitro groups is 1. The summed E-state index contributed by atoms with van der Waals surface area (Å²) >= 11 is 0. The third-order valence-electron chi connectivity index (χ3n) is 3.36. The summed E-state index contributed by atoms with van der Waals surface area (Å²) in [7, 11) is 0. The highest BCUT2D eigenvalue weighted by molar-refractivity contribution is 5.97. The summed E-state index contributed by atoms with van der Waals surface area (Å²) < 4.78 is 1.42. The molecule has 0 aliphatic carbocycles. The first kappa shape index (κ1) is 17.1. The molecular formula is C15H17N5O4. The predicted octanol–water partition coefficient (Wildman–Crippen LogP) is 1.92. The summed E-state index contributed by atoms with van der Waals surface area (Å²) in [5.74, 6) is -0.880. The molecular weight excluding hydrogens is 314 g/mol. The molecule has 0 aliphatic rings. The van der Waals surface area contributed by atoms with Crippen LogP contribution in [0.25, 0.3) is 0 Å². The van der Waals surface area contributed by atoms with Gasteiger partial charge in [0.2, 0.25) is 0 Å². The minimum absolute atomic E-state index is 0.0959. The zero-order valence-electron chi connectivity index (χ0n) is 13.5. The first-order valence-electron chi connectivity index (χ1n) is 7.10. The standard InChI is InChI=1S/C15H17N5O4/c1-9-5-4-6-12(14(9)21)15(22)17-16-10(2)8-19-11(3)7-13(18-19)20(23)24/h4-7,21H,8H2,1-3H3,(H,17,22)/b16-10+. The van der Waals surface area contributed by atoms with Crippen molar-refractivity contribution in [3.8, 4) is 5.75 Å². The van der Waals surface area contributed by atoms with Crippen molar-refractivity contribution in [3.05, 3.63) is 51.2 Å². The Bertz CT molecular complexity index is 825. The lowest BCUT2D eigenvalue weighted by Gasteiger charge is -2.06. The molecule has 0 radical (unpaired) electrons. The lowest BCUT2D eigenvalue weighted by molar-refractivity contribution is -0.389. The highest BCUT2D eigenvalue weighted by Crippen LogP contribution is 2.21. The Hall–Kier alpha value is -3.23. The monoisotopic (exact) mass is 331 g/mol. The average molecular weight is 331 g/mol. The van der Waals surface area contributed by atoms with Crippen molar-refractivity contribution in [2.45, 2.75) is 27.3 Å². The van der Waals surface area contributed by atoms with E-state index in [9.17, 15) is 20.0 Å². The molecule has 1 aromatic carbocycles. The molecule has 0 aliphatic heterocycles. The molecule has 1 amide bonds. The zero-order chi connectivity index (χ0) is 17.9. The van der Waals surface area contributed by atoms with Crippen LogP contribution in [0, 0.1) is 24.0 Å². The van der Waals surface area contributed by atoms with Gasteiger partial charge in [-0.2, -0.15) is 9.78 Å². The van der Waals surface area contributed by atoms with Gasteiger partial charge in [-0.15, -0.1) is 0 Å². The van der Waals surface area contributed by atoms with Gasteiger partial charge in [0.1, 0.15) is 12.3 Å². The van der Waals surface area contributed by atoms with E-state index in [0.717, 1.165) is 0 Å².